The number of carbonyl (C=O) groups is 1. The fraction of sp³-hybridized carbons (Fsp3) is 0.667. The van der Waals surface area contributed by atoms with Gasteiger partial charge in [-0.25, -0.2) is 0 Å². The van der Waals surface area contributed by atoms with Crippen LogP contribution >= 0.6 is 0 Å². The average Bonchev–Trinajstić information content (AvgIpc) is 3.10. The number of hydrogen-bond donors (Lipinski definition) is 3. The first-order valence-corrected chi connectivity index (χ1v) is 20.3. The Labute approximate surface area is 303 Å². The molecule has 0 spiro atoms. The van der Waals surface area contributed by atoms with Crippen LogP contribution in [-0.2, 0) is 4.79 Å². The molecule has 0 fully saturated rings. The zero-order chi connectivity index (χ0) is 35.7. The van der Waals surface area contributed by atoms with E-state index >= 15 is 0 Å². The molecule has 0 aromatic rings. The third-order valence-corrected chi connectivity index (χ3v) is 8.59. The van der Waals surface area contributed by atoms with Crippen molar-refractivity contribution in [2.24, 2.45) is 0 Å². The first-order chi connectivity index (χ1) is 24.2. The normalized spacial score (nSPS) is 14.0. The molecular formula is C45H77NO3. The lowest BCUT2D eigenvalue weighted by Gasteiger charge is -2.19. The summed E-state index contributed by atoms with van der Waals surface area (Å²) >= 11 is 0. The maximum atomic E-state index is 12.4. The highest BCUT2D eigenvalue weighted by atomic mass is 16.3. The van der Waals surface area contributed by atoms with Crippen molar-refractivity contribution < 1.29 is 15.0 Å². The average molecular weight is 680 g/mol. The Morgan fingerprint density at radius 1 is 0.510 bits per heavy atom. The van der Waals surface area contributed by atoms with Gasteiger partial charge in [0.05, 0.1) is 18.8 Å². The van der Waals surface area contributed by atoms with Crippen LogP contribution in [0.3, 0.4) is 0 Å². The Hall–Kier alpha value is -2.43. The lowest BCUT2D eigenvalue weighted by molar-refractivity contribution is -0.123. The molecule has 0 aromatic heterocycles. The van der Waals surface area contributed by atoms with Crippen LogP contribution < -0.4 is 5.32 Å². The molecule has 0 aliphatic heterocycles. The van der Waals surface area contributed by atoms with E-state index in [2.05, 4.69) is 92.1 Å². The Kier molecular flexibility index (Phi) is 38.0. The smallest absolute Gasteiger partial charge is 0.220 e. The molecular weight excluding hydrogens is 602 g/mol. The largest absolute Gasteiger partial charge is 0.394 e. The molecule has 0 bridgehead atoms. The summed E-state index contributed by atoms with van der Waals surface area (Å²) in [6.45, 7) is 4.15. The van der Waals surface area contributed by atoms with E-state index in [0.29, 0.717) is 6.42 Å². The molecule has 49 heavy (non-hydrogen) atoms. The van der Waals surface area contributed by atoms with Crippen LogP contribution in [0.15, 0.2) is 85.1 Å². The van der Waals surface area contributed by atoms with Gasteiger partial charge >= 0.3 is 0 Å². The topological polar surface area (TPSA) is 69.6 Å². The van der Waals surface area contributed by atoms with Gasteiger partial charge in [0.15, 0.2) is 0 Å². The van der Waals surface area contributed by atoms with E-state index in [1.165, 1.54) is 83.5 Å². The molecule has 2 unspecified atom stereocenters. The van der Waals surface area contributed by atoms with E-state index in [4.69, 9.17) is 0 Å². The molecule has 3 N–H and O–H groups in total. The number of rotatable bonds is 35. The number of aliphatic hydroxyl groups is 2. The molecule has 0 rings (SSSR count). The molecule has 1 amide bonds. The van der Waals surface area contributed by atoms with Gasteiger partial charge in [-0.2, -0.15) is 0 Å². The van der Waals surface area contributed by atoms with Crippen molar-refractivity contribution >= 4 is 5.91 Å². The van der Waals surface area contributed by atoms with Gasteiger partial charge in [0.25, 0.3) is 0 Å². The van der Waals surface area contributed by atoms with Crippen LogP contribution in [0, 0.1) is 0 Å². The minimum absolute atomic E-state index is 0.0914. The Balaban J connectivity index is 3.71. The third kappa shape index (κ3) is 36.7. The zero-order valence-electron chi connectivity index (χ0n) is 31.9. The lowest BCUT2D eigenvalue weighted by atomic mass is 10.1. The molecule has 0 heterocycles. The van der Waals surface area contributed by atoms with Gasteiger partial charge in [0.2, 0.25) is 5.91 Å². The van der Waals surface area contributed by atoms with Crippen LogP contribution in [0.25, 0.3) is 0 Å². The van der Waals surface area contributed by atoms with E-state index in [1.54, 1.807) is 6.08 Å². The van der Waals surface area contributed by atoms with Gasteiger partial charge in [0.1, 0.15) is 0 Å². The van der Waals surface area contributed by atoms with Crippen molar-refractivity contribution in [1.29, 1.82) is 0 Å². The number of amides is 1. The maximum absolute atomic E-state index is 12.4. The first-order valence-electron chi connectivity index (χ1n) is 20.3. The van der Waals surface area contributed by atoms with Crippen LogP contribution in [0.2, 0.25) is 0 Å². The van der Waals surface area contributed by atoms with E-state index in [9.17, 15) is 15.0 Å². The predicted molar refractivity (Wildman–Crippen MR) is 216 cm³/mol. The highest BCUT2D eigenvalue weighted by Gasteiger charge is 2.17. The predicted octanol–water partition coefficient (Wildman–Crippen LogP) is 12.5. The van der Waals surface area contributed by atoms with E-state index < -0.39 is 12.1 Å². The number of unbranched alkanes of at least 4 members (excludes halogenated alkanes) is 16. The van der Waals surface area contributed by atoms with Crippen LogP contribution in [-0.4, -0.2) is 34.9 Å². The monoisotopic (exact) mass is 680 g/mol. The molecule has 0 radical (unpaired) electrons. The SMILES string of the molecule is CC/C=C\C/C=C\C/C=C\C/C=C\CCCCCCCCCCC(=O)NC(CO)C(O)/C=C/CC/C=C/CC/C=C/CCCCCCCC. The lowest BCUT2D eigenvalue weighted by Crippen LogP contribution is -2.45. The van der Waals surface area contributed by atoms with Gasteiger partial charge in [-0.3, -0.25) is 4.79 Å². The van der Waals surface area contributed by atoms with Gasteiger partial charge in [-0.05, 0) is 83.5 Å². The highest BCUT2D eigenvalue weighted by Crippen LogP contribution is 2.12. The van der Waals surface area contributed by atoms with E-state index in [0.717, 1.165) is 70.6 Å². The summed E-state index contributed by atoms with van der Waals surface area (Å²) in [6.07, 6.45) is 58.2. The van der Waals surface area contributed by atoms with Crippen molar-refractivity contribution in [3.63, 3.8) is 0 Å². The van der Waals surface area contributed by atoms with E-state index in [-0.39, 0.29) is 12.5 Å². The summed E-state index contributed by atoms with van der Waals surface area (Å²) in [6, 6.07) is -0.654. The van der Waals surface area contributed by atoms with Crippen LogP contribution in [0.4, 0.5) is 0 Å². The molecule has 0 aliphatic carbocycles. The Bertz CT molecular complexity index is 910. The minimum Gasteiger partial charge on any atom is -0.394 e. The molecule has 4 nitrogen and oxygen atoms in total. The second kappa shape index (κ2) is 40.0. The second-order valence-electron chi connectivity index (χ2n) is 13.3. The molecule has 0 saturated carbocycles. The first kappa shape index (κ1) is 46.6. The van der Waals surface area contributed by atoms with E-state index in [1.807, 2.05) is 6.08 Å². The summed E-state index contributed by atoms with van der Waals surface area (Å²) in [7, 11) is 0. The summed E-state index contributed by atoms with van der Waals surface area (Å²) in [5.41, 5.74) is 0. The molecule has 0 saturated heterocycles. The standard InChI is InChI=1S/C45H77NO3/c1-3-5-7-9-11-13-15-17-19-21-22-23-24-25-27-29-31-33-35-37-39-41-45(49)46-43(42-47)44(48)40-38-36-34-32-30-28-26-20-18-16-14-12-10-8-6-4-2/h5,7,11,13,17-20,22-23,30,32,38,40,43-44,47-48H,3-4,6,8-10,12,14-16,21,24-29,31,33-37,39,41-42H2,1-2H3,(H,46,49)/b7-5-,13-11-,19-17-,20-18+,23-22-,32-30+,40-38+. The van der Waals surface area contributed by atoms with Crippen molar-refractivity contribution in [3.05, 3.63) is 85.1 Å². The number of hydrogen-bond acceptors (Lipinski definition) is 3. The number of nitrogens with one attached hydrogen (secondary N) is 1. The van der Waals surface area contributed by atoms with Crippen molar-refractivity contribution in [2.45, 2.75) is 187 Å². The maximum Gasteiger partial charge on any atom is 0.220 e. The van der Waals surface area contributed by atoms with Crippen LogP contribution in [0.1, 0.15) is 174 Å². The summed E-state index contributed by atoms with van der Waals surface area (Å²) in [5.74, 6) is -0.0914. The molecule has 2 atom stereocenters. The van der Waals surface area contributed by atoms with Crippen LogP contribution in [0.5, 0.6) is 0 Å². The quantitative estimate of drug-likeness (QED) is 0.0461. The number of aliphatic hydroxyl groups excluding tert-OH is 2. The summed E-state index contributed by atoms with van der Waals surface area (Å²) in [5, 5.41) is 22.9. The van der Waals surface area contributed by atoms with Gasteiger partial charge in [-0.15, -0.1) is 0 Å². The Morgan fingerprint density at radius 3 is 1.43 bits per heavy atom. The molecule has 0 aromatic carbocycles. The molecule has 280 valence electrons. The zero-order valence-corrected chi connectivity index (χ0v) is 31.9. The van der Waals surface area contributed by atoms with Crippen molar-refractivity contribution in [2.75, 3.05) is 6.61 Å². The fourth-order valence-electron chi connectivity index (χ4n) is 5.49. The highest BCUT2D eigenvalue weighted by molar-refractivity contribution is 5.76. The number of allylic oxidation sites excluding steroid dienone is 13. The fourth-order valence-corrected chi connectivity index (χ4v) is 5.49. The molecule has 4 heteroatoms. The summed E-state index contributed by atoms with van der Waals surface area (Å²) < 4.78 is 0. The van der Waals surface area contributed by atoms with Gasteiger partial charge < -0.3 is 15.5 Å². The van der Waals surface area contributed by atoms with Crippen molar-refractivity contribution in [3.8, 4) is 0 Å². The third-order valence-electron chi connectivity index (χ3n) is 8.59. The van der Waals surface area contributed by atoms with Gasteiger partial charge in [-0.1, -0.05) is 170 Å². The van der Waals surface area contributed by atoms with Gasteiger partial charge in [0, 0.05) is 6.42 Å². The van der Waals surface area contributed by atoms with Crippen molar-refractivity contribution in [1.82, 2.24) is 5.32 Å². The Morgan fingerprint density at radius 2 is 0.918 bits per heavy atom. The number of carbonyl (C=O) groups excluding carboxylic acids is 1. The minimum atomic E-state index is -0.877. The molecule has 0 aliphatic rings. The second-order valence-corrected chi connectivity index (χ2v) is 13.3. The summed E-state index contributed by atoms with van der Waals surface area (Å²) in [4.78, 5) is 12.4.